The Bertz CT molecular complexity index is 592. The molecule has 0 aliphatic carbocycles. The Labute approximate surface area is 122 Å². The van der Waals surface area contributed by atoms with Crippen LogP contribution in [0.2, 0.25) is 0 Å². The summed E-state index contributed by atoms with van der Waals surface area (Å²) in [5, 5.41) is 0. The number of halogens is 9. The smallest absolute Gasteiger partial charge is 0.460 e. The van der Waals surface area contributed by atoms with E-state index in [4.69, 9.17) is 0 Å². The summed E-state index contributed by atoms with van der Waals surface area (Å²) in [6.45, 7) is 0. The molecule has 1 aromatic carbocycles. The van der Waals surface area contributed by atoms with Crippen molar-refractivity contribution in [2.24, 2.45) is 0 Å². The number of rotatable bonds is 5. The number of methoxy groups -OCH3 is 1. The van der Waals surface area contributed by atoms with Crippen molar-refractivity contribution in [2.45, 2.75) is 23.9 Å². The number of carbonyl (C=O) groups excluding carboxylic acids is 1. The van der Waals surface area contributed by atoms with Gasteiger partial charge in [0.15, 0.2) is 0 Å². The summed E-state index contributed by atoms with van der Waals surface area (Å²) in [5.74, 6) is -23.6. The van der Waals surface area contributed by atoms with Crippen molar-refractivity contribution in [1.82, 2.24) is 0 Å². The quantitative estimate of drug-likeness (QED) is 0.581. The van der Waals surface area contributed by atoms with E-state index in [1.807, 2.05) is 0 Å². The number of alkyl halides is 9. The minimum atomic E-state index is -7.11. The van der Waals surface area contributed by atoms with Gasteiger partial charge >= 0.3 is 23.9 Å². The predicted molar refractivity (Wildman–Crippen MR) is 58.2 cm³/mol. The first kappa shape index (κ1) is 19.1. The zero-order chi connectivity index (χ0) is 18.3. The molecular formula is C12H7F9O2. The molecule has 2 nitrogen and oxygen atoms in total. The van der Waals surface area contributed by atoms with Gasteiger partial charge in [0.25, 0.3) is 0 Å². The highest BCUT2D eigenvalue weighted by molar-refractivity contribution is 6.02. The van der Waals surface area contributed by atoms with E-state index in [2.05, 4.69) is 4.74 Å². The molecule has 1 rings (SSSR count). The SMILES string of the molecule is COc1cccc(C(=O)C(F)(F)C(F)(F)C(F)(F)C(F)(F)F)c1. The highest BCUT2D eigenvalue weighted by Gasteiger charge is 2.83. The van der Waals surface area contributed by atoms with E-state index < -0.39 is 35.3 Å². The molecule has 11 heteroatoms. The van der Waals surface area contributed by atoms with Crippen LogP contribution >= 0.6 is 0 Å². The first-order valence-electron chi connectivity index (χ1n) is 5.59. The van der Waals surface area contributed by atoms with Gasteiger partial charge in [-0.25, -0.2) is 0 Å². The fourth-order valence-corrected chi connectivity index (χ4v) is 1.46. The number of benzene rings is 1. The van der Waals surface area contributed by atoms with Crippen LogP contribution in [0.5, 0.6) is 5.75 Å². The fourth-order valence-electron chi connectivity index (χ4n) is 1.46. The lowest BCUT2D eigenvalue weighted by Crippen LogP contribution is -2.63. The second kappa shape index (κ2) is 5.60. The molecule has 0 spiro atoms. The number of ketones is 1. The molecule has 0 amide bonds. The normalized spacial score (nSPS) is 13.8. The largest absolute Gasteiger partial charge is 0.497 e. The molecule has 0 radical (unpaired) electrons. The highest BCUT2D eigenvalue weighted by Crippen LogP contribution is 2.53. The fraction of sp³-hybridized carbons (Fsp3) is 0.417. The number of Topliss-reactive ketones (excluding diaryl/α,β-unsaturated/α-hetero) is 1. The van der Waals surface area contributed by atoms with Crippen LogP contribution in [0.3, 0.4) is 0 Å². The zero-order valence-corrected chi connectivity index (χ0v) is 11.0. The van der Waals surface area contributed by atoms with Crippen LogP contribution < -0.4 is 4.74 Å². The molecule has 23 heavy (non-hydrogen) atoms. The second-order valence-corrected chi connectivity index (χ2v) is 4.28. The van der Waals surface area contributed by atoms with Crippen molar-refractivity contribution in [3.05, 3.63) is 29.8 Å². The molecule has 0 atom stereocenters. The van der Waals surface area contributed by atoms with Gasteiger partial charge in [0.1, 0.15) is 5.75 Å². The third-order valence-electron chi connectivity index (χ3n) is 2.76. The minimum absolute atomic E-state index is 0.266. The molecule has 0 N–H and O–H groups in total. The van der Waals surface area contributed by atoms with Crippen molar-refractivity contribution in [3.8, 4) is 5.75 Å². The minimum Gasteiger partial charge on any atom is -0.497 e. The summed E-state index contributed by atoms with van der Waals surface area (Å²) in [4.78, 5) is 11.4. The number of ether oxygens (including phenoxy) is 1. The van der Waals surface area contributed by atoms with Gasteiger partial charge in [0, 0.05) is 5.56 Å². The van der Waals surface area contributed by atoms with Gasteiger partial charge in [-0.3, -0.25) is 4.79 Å². The Morgan fingerprint density at radius 2 is 1.43 bits per heavy atom. The van der Waals surface area contributed by atoms with Gasteiger partial charge < -0.3 is 4.74 Å². The summed E-state index contributed by atoms with van der Waals surface area (Å²) >= 11 is 0. The van der Waals surface area contributed by atoms with Gasteiger partial charge in [0.2, 0.25) is 5.78 Å². The maximum absolute atomic E-state index is 13.4. The van der Waals surface area contributed by atoms with Crippen LogP contribution in [0, 0.1) is 0 Å². The van der Waals surface area contributed by atoms with Crippen molar-refractivity contribution in [1.29, 1.82) is 0 Å². The van der Waals surface area contributed by atoms with Crippen LogP contribution in [0.1, 0.15) is 10.4 Å². The number of hydrogen-bond donors (Lipinski definition) is 0. The molecule has 0 saturated heterocycles. The Balaban J connectivity index is 3.35. The molecule has 0 fully saturated rings. The van der Waals surface area contributed by atoms with E-state index >= 15 is 0 Å². The Kier molecular flexibility index (Phi) is 4.66. The lowest BCUT2D eigenvalue weighted by molar-refractivity contribution is -0.386. The topological polar surface area (TPSA) is 26.3 Å². The molecule has 0 heterocycles. The van der Waals surface area contributed by atoms with E-state index in [1.54, 1.807) is 0 Å². The summed E-state index contributed by atoms with van der Waals surface area (Å²) in [6, 6.07) is 3.04. The molecule has 130 valence electrons. The van der Waals surface area contributed by atoms with E-state index in [0.29, 0.717) is 12.1 Å². The molecule has 0 saturated carbocycles. The average molecular weight is 354 g/mol. The highest BCUT2D eigenvalue weighted by atomic mass is 19.4. The lowest BCUT2D eigenvalue weighted by atomic mass is 9.95. The van der Waals surface area contributed by atoms with Gasteiger partial charge in [-0.1, -0.05) is 12.1 Å². The summed E-state index contributed by atoms with van der Waals surface area (Å²) in [5.41, 5.74) is -1.22. The summed E-state index contributed by atoms with van der Waals surface area (Å²) < 4.78 is 119. The van der Waals surface area contributed by atoms with Crippen molar-refractivity contribution in [2.75, 3.05) is 7.11 Å². The van der Waals surface area contributed by atoms with Crippen molar-refractivity contribution >= 4 is 5.78 Å². The van der Waals surface area contributed by atoms with Crippen LogP contribution in [-0.4, -0.2) is 36.8 Å². The number of hydrogen-bond acceptors (Lipinski definition) is 2. The Morgan fingerprint density at radius 1 is 0.913 bits per heavy atom. The monoisotopic (exact) mass is 354 g/mol. The maximum Gasteiger partial charge on any atom is 0.460 e. The standard InChI is InChI=1S/C12H7F9O2/c1-23-7-4-2-3-6(5-7)8(22)9(13,14)10(15,16)11(17,18)12(19,20)21/h2-5H,1H3. The maximum atomic E-state index is 13.4. The van der Waals surface area contributed by atoms with E-state index in [9.17, 15) is 44.3 Å². The summed E-state index contributed by atoms with van der Waals surface area (Å²) in [6.07, 6.45) is -6.98. The van der Waals surface area contributed by atoms with Crippen molar-refractivity contribution in [3.63, 3.8) is 0 Å². The Hall–Kier alpha value is -1.94. The van der Waals surface area contributed by atoms with E-state index in [-0.39, 0.29) is 5.75 Å². The molecule has 1 aromatic rings. The lowest BCUT2D eigenvalue weighted by Gasteiger charge is -2.32. The van der Waals surface area contributed by atoms with Gasteiger partial charge in [0.05, 0.1) is 7.11 Å². The van der Waals surface area contributed by atoms with E-state index in [0.717, 1.165) is 19.2 Å². The average Bonchev–Trinajstić information content (AvgIpc) is 2.44. The molecule has 0 aliphatic rings. The van der Waals surface area contributed by atoms with Crippen LogP contribution in [0.25, 0.3) is 0 Å². The van der Waals surface area contributed by atoms with Gasteiger partial charge in [-0.15, -0.1) is 0 Å². The molecule has 0 unspecified atom stereocenters. The third kappa shape index (κ3) is 2.95. The first-order valence-corrected chi connectivity index (χ1v) is 5.59. The zero-order valence-electron chi connectivity index (χ0n) is 11.0. The number of carbonyl (C=O) groups is 1. The second-order valence-electron chi connectivity index (χ2n) is 4.28. The molecule has 0 aliphatic heterocycles. The Morgan fingerprint density at radius 3 is 1.87 bits per heavy atom. The van der Waals surface area contributed by atoms with Crippen LogP contribution in [-0.2, 0) is 0 Å². The summed E-state index contributed by atoms with van der Waals surface area (Å²) in [7, 11) is 1.02. The van der Waals surface area contributed by atoms with E-state index in [1.165, 1.54) is 0 Å². The third-order valence-corrected chi connectivity index (χ3v) is 2.76. The van der Waals surface area contributed by atoms with Crippen molar-refractivity contribution < 1.29 is 49.0 Å². The predicted octanol–water partition coefficient (Wildman–Crippen LogP) is 4.35. The van der Waals surface area contributed by atoms with Gasteiger partial charge in [-0.2, -0.15) is 39.5 Å². The first-order chi connectivity index (χ1) is 10.2. The molecule has 0 aromatic heterocycles. The van der Waals surface area contributed by atoms with Crippen LogP contribution in [0.15, 0.2) is 24.3 Å². The van der Waals surface area contributed by atoms with Crippen LogP contribution in [0.4, 0.5) is 39.5 Å². The molecular weight excluding hydrogens is 347 g/mol. The molecule has 0 bridgehead atoms. The van der Waals surface area contributed by atoms with Gasteiger partial charge in [-0.05, 0) is 12.1 Å².